The van der Waals surface area contributed by atoms with Crippen LogP contribution in [0.3, 0.4) is 0 Å². The van der Waals surface area contributed by atoms with E-state index in [1.165, 1.54) is 24.3 Å². The topological polar surface area (TPSA) is 75.5 Å². The summed E-state index contributed by atoms with van der Waals surface area (Å²) in [5, 5.41) is 13.0. The second kappa shape index (κ2) is 8.57. The molecular formula is C18H17ClF3N3O3. The van der Waals surface area contributed by atoms with Gasteiger partial charge in [0.15, 0.2) is 0 Å². The maximum Gasteiger partial charge on any atom is 0.418 e. The summed E-state index contributed by atoms with van der Waals surface area (Å²) in [4.78, 5) is 24.2. The Morgan fingerprint density at radius 1 is 1.29 bits per heavy atom. The normalized spacial score (nSPS) is 12.7. The highest BCUT2D eigenvalue weighted by Crippen LogP contribution is 2.36. The van der Waals surface area contributed by atoms with Crippen molar-refractivity contribution < 1.29 is 22.9 Å². The number of carbonyl (C=O) groups is 1. The fraction of sp³-hybridized carbons (Fsp3) is 0.278. The van der Waals surface area contributed by atoms with E-state index in [4.69, 9.17) is 11.6 Å². The van der Waals surface area contributed by atoms with Crippen molar-refractivity contribution in [3.05, 3.63) is 68.7 Å². The number of hydrogen-bond donors (Lipinski definition) is 1. The lowest BCUT2D eigenvalue weighted by Crippen LogP contribution is -2.32. The van der Waals surface area contributed by atoms with Crippen LogP contribution in [0.4, 0.5) is 24.5 Å². The molecule has 2 rings (SSSR count). The molecule has 10 heteroatoms. The molecule has 28 heavy (non-hydrogen) atoms. The van der Waals surface area contributed by atoms with Gasteiger partial charge >= 0.3 is 6.18 Å². The molecule has 0 spiro atoms. The maximum absolute atomic E-state index is 13.1. The van der Waals surface area contributed by atoms with Crippen molar-refractivity contribution in [1.82, 2.24) is 4.90 Å². The minimum atomic E-state index is -4.67. The zero-order valence-electron chi connectivity index (χ0n) is 15.0. The first-order chi connectivity index (χ1) is 13.0. The number of anilines is 1. The van der Waals surface area contributed by atoms with Gasteiger partial charge in [-0.1, -0.05) is 23.7 Å². The molecule has 0 aliphatic rings. The number of nitro benzene ring substituents is 1. The van der Waals surface area contributed by atoms with E-state index >= 15 is 0 Å². The Balaban J connectivity index is 2.11. The van der Waals surface area contributed by atoms with Crippen LogP contribution in [0.15, 0.2) is 42.5 Å². The van der Waals surface area contributed by atoms with Gasteiger partial charge < -0.3 is 5.32 Å². The largest absolute Gasteiger partial charge is 0.418 e. The third-order valence-corrected chi connectivity index (χ3v) is 4.41. The summed E-state index contributed by atoms with van der Waals surface area (Å²) in [5.74, 6) is -0.660. The fourth-order valence-corrected chi connectivity index (χ4v) is 2.74. The van der Waals surface area contributed by atoms with Crippen molar-refractivity contribution in [2.45, 2.75) is 19.1 Å². The number of amides is 1. The van der Waals surface area contributed by atoms with Gasteiger partial charge in [-0.15, -0.1) is 0 Å². The quantitative estimate of drug-likeness (QED) is 0.538. The SMILES string of the molecule is CC(c1cccc([N+](=O)[O-])c1)N(C)CC(=O)Nc1ccc(Cl)cc1C(F)(F)F. The molecule has 6 nitrogen and oxygen atoms in total. The Hall–Kier alpha value is -2.65. The maximum atomic E-state index is 13.1. The van der Waals surface area contributed by atoms with Crippen LogP contribution in [-0.2, 0) is 11.0 Å². The fourth-order valence-electron chi connectivity index (χ4n) is 2.57. The lowest BCUT2D eigenvalue weighted by molar-refractivity contribution is -0.384. The van der Waals surface area contributed by atoms with E-state index in [0.717, 1.165) is 12.1 Å². The first-order valence-electron chi connectivity index (χ1n) is 8.10. The smallest absolute Gasteiger partial charge is 0.324 e. The lowest BCUT2D eigenvalue weighted by Gasteiger charge is -2.24. The summed E-state index contributed by atoms with van der Waals surface area (Å²) in [6, 6.07) is 8.65. The van der Waals surface area contributed by atoms with Gasteiger partial charge in [-0.25, -0.2) is 0 Å². The van der Waals surface area contributed by atoms with E-state index in [1.807, 2.05) is 0 Å². The highest BCUT2D eigenvalue weighted by atomic mass is 35.5. The number of benzene rings is 2. The van der Waals surface area contributed by atoms with Crippen LogP contribution in [0.5, 0.6) is 0 Å². The van der Waals surface area contributed by atoms with E-state index in [1.54, 1.807) is 24.9 Å². The molecule has 2 aromatic carbocycles. The molecule has 0 heterocycles. The van der Waals surface area contributed by atoms with Gasteiger partial charge in [-0.3, -0.25) is 19.8 Å². The highest BCUT2D eigenvalue weighted by Gasteiger charge is 2.34. The van der Waals surface area contributed by atoms with E-state index < -0.39 is 28.3 Å². The standard InChI is InChI=1S/C18H17ClF3N3O3/c1-11(12-4-3-5-14(8-12)25(27)28)24(2)10-17(26)23-16-7-6-13(19)9-15(16)18(20,21)22/h3-9,11H,10H2,1-2H3,(H,23,26). The predicted octanol–water partition coefficient (Wildman–Crippen LogP) is 4.90. The van der Waals surface area contributed by atoms with E-state index in [-0.39, 0.29) is 23.3 Å². The number of halogens is 4. The summed E-state index contributed by atoms with van der Waals surface area (Å²) >= 11 is 5.62. The van der Waals surface area contributed by atoms with E-state index in [2.05, 4.69) is 5.32 Å². The van der Waals surface area contributed by atoms with Crippen molar-refractivity contribution in [1.29, 1.82) is 0 Å². The average molecular weight is 416 g/mol. The number of rotatable bonds is 6. The number of non-ortho nitro benzene ring substituents is 1. The molecule has 0 bridgehead atoms. The third-order valence-electron chi connectivity index (χ3n) is 4.18. The van der Waals surface area contributed by atoms with Crippen LogP contribution in [-0.4, -0.2) is 29.3 Å². The van der Waals surface area contributed by atoms with Crippen LogP contribution in [0.1, 0.15) is 24.1 Å². The number of hydrogen-bond acceptors (Lipinski definition) is 4. The highest BCUT2D eigenvalue weighted by molar-refractivity contribution is 6.30. The van der Waals surface area contributed by atoms with Crippen molar-refractivity contribution in [3.8, 4) is 0 Å². The molecule has 150 valence electrons. The summed E-state index contributed by atoms with van der Waals surface area (Å²) < 4.78 is 39.4. The van der Waals surface area contributed by atoms with Gasteiger partial charge in [0.25, 0.3) is 5.69 Å². The van der Waals surface area contributed by atoms with E-state index in [0.29, 0.717) is 5.56 Å². The van der Waals surface area contributed by atoms with Gasteiger partial charge in [0, 0.05) is 23.2 Å². The van der Waals surface area contributed by atoms with Gasteiger partial charge in [0.2, 0.25) is 5.91 Å². The Morgan fingerprint density at radius 3 is 2.57 bits per heavy atom. The monoisotopic (exact) mass is 415 g/mol. The second-order valence-corrected chi connectivity index (χ2v) is 6.62. The molecule has 1 unspecified atom stereocenters. The molecule has 1 amide bonds. The zero-order chi connectivity index (χ0) is 21.1. The van der Waals surface area contributed by atoms with Crippen LogP contribution < -0.4 is 5.32 Å². The van der Waals surface area contributed by atoms with Crippen molar-refractivity contribution in [2.75, 3.05) is 18.9 Å². The molecule has 0 aromatic heterocycles. The average Bonchev–Trinajstić information content (AvgIpc) is 2.61. The molecular weight excluding hydrogens is 399 g/mol. The predicted molar refractivity (Wildman–Crippen MR) is 99.2 cm³/mol. The first kappa shape index (κ1) is 21.6. The Labute approximate surface area is 164 Å². The molecule has 0 saturated heterocycles. The Kier molecular flexibility index (Phi) is 6.63. The van der Waals surface area contributed by atoms with Crippen molar-refractivity contribution in [3.63, 3.8) is 0 Å². The summed E-state index contributed by atoms with van der Waals surface area (Å²) in [6.45, 7) is 1.51. The Morgan fingerprint density at radius 2 is 1.96 bits per heavy atom. The minimum Gasteiger partial charge on any atom is -0.324 e. The second-order valence-electron chi connectivity index (χ2n) is 6.18. The summed E-state index contributed by atoms with van der Waals surface area (Å²) in [5.41, 5.74) is -0.911. The van der Waals surface area contributed by atoms with Crippen LogP contribution in [0, 0.1) is 10.1 Å². The van der Waals surface area contributed by atoms with Gasteiger partial charge in [0.05, 0.1) is 22.7 Å². The number of nitro groups is 1. The summed E-state index contributed by atoms with van der Waals surface area (Å²) in [6.07, 6.45) is -4.67. The molecule has 0 radical (unpaired) electrons. The molecule has 1 N–H and O–H groups in total. The first-order valence-corrected chi connectivity index (χ1v) is 8.48. The summed E-state index contributed by atoms with van der Waals surface area (Å²) in [7, 11) is 1.59. The van der Waals surface area contributed by atoms with E-state index in [9.17, 15) is 28.1 Å². The molecule has 1 atom stereocenters. The molecule has 0 aliphatic carbocycles. The number of nitrogens with one attached hydrogen (secondary N) is 1. The third kappa shape index (κ3) is 5.43. The van der Waals surface area contributed by atoms with Crippen molar-refractivity contribution >= 4 is 28.9 Å². The zero-order valence-corrected chi connectivity index (χ0v) is 15.7. The van der Waals surface area contributed by atoms with Crippen LogP contribution >= 0.6 is 11.6 Å². The Bertz CT molecular complexity index is 890. The van der Waals surface area contributed by atoms with Crippen LogP contribution in [0.2, 0.25) is 5.02 Å². The van der Waals surface area contributed by atoms with Crippen molar-refractivity contribution in [2.24, 2.45) is 0 Å². The number of carbonyl (C=O) groups excluding carboxylic acids is 1. The molecule has 2 aromatic rings. The minimum absolute atomic E-state index is 0.0850. The lowest BCUT2D eigenvalue weighted by atomic mass is 10.1. The van der Waals surface area contributed by atoms with Gasteiger partial charge in [-0.05, 0) is 37.7 Å². The number of alkyl halides is 3. The van der Waals surface area contributed by atoms with Gasteiger partial charge in [0.1, 0.15) is 0 Å². The number of likely N-dealkylation sites (N-methyl/N-ethyl adjacent to an activating group) is 1. The molecule has 0 saturated carbocycles. The number of nitrogens with zero attached hydrogens (tertiary/aromatic N) is 2. The molecule has 0 aliphatic heterocycles. The molecule has 0 fully saturated rings. The van der Waals surface area contributed by atoms with Gasteiger partial charge in [-0.2, -0.15) is 13.2 Å². The van der Waals surface area contributed by atoms with Crippen LogP contribution in [0.25, 0.3) is 0 Å².